The molecule has 0 unspecified atom stereocenters. The Hall–Kier alpha value is -1.43. The lowest BCUT2D eigenvalue weighted by atomic mass is 10.1. The molecular weight excluding hydrogens is 287 g/mol. The van der Waals surface area contributed by atoms with E-state index in [2.05, 4.69) is 20.3 Å². The first kappa shape index (κ1) is 14.0. The Morgan fingerprint density at radius 2 is 1.68 bits per heavy atom. The molecule has 0 atom stereocenters. The summed E-state index contributed by atoms with van der Waals surface area (Å²) in [6.45, 7) is 1.10. The molecule has 1 aromatic heterocycles. The van der Waals surface area contributed by atoms with Gasteiger partial charge in [0.1, 0.15) is 0 Å². The van der Waals surface area contributed by atoms with E-state index in [4.69, 9.17) is 27.9 Å². The molecule has 19 heavy (non-hydrogen) atoms. The van der Waals surface area contributed by atoms with E-state index in [0.717, 1.165) is 11.1 Å². The van der Waals surface area contributed by atoms with E-state index in [1.807, 2.05) is 24.3 Å². The molecule has 0 saturated heterocycles. The first-order valence-electron chi connectivity index (χ1n) is 5.55. The topological polar surface area (TPSA) is 59.9 Å². The normalized spacial score (nSPS) is 10.5. The molecule has 0 aliphatic rings. The minimum absolute atomic E-state index is 0.0627. The third kappa shape index (κ3) is 4.02. The van der Waals surface area contributed by atoms with Crippen molar-refractivity contribution in [3.05, 3.63) is 46.0 Å². The fourth-order valence-corrected chi connectivity index (χ4v) is 1.97. The SMILES string of the molecule is COCc1ccccc1CNc1nc(Cl)nc(Cl)n1. The Kier molecular flexibility index (Phi) is 4.90. The van der Waals surface area contributed by atoms with Crippen LogP contribution in [0.4, 0.5) is 5.95 Å². The second-order valence-electron chi connectivity index (χ2n) is 3.75. The van der Waals surface area contributed by atoms with Crippen LogP contribution in [0.3, 0.4) is 0 Å². The lowest BCUT2D eigenvalue weighted by molar-refractivity contribution is 0.184. The van der Waals surface area contributed by atoms with Gasteiger partial charge in [0.15, 0.2) is 0 Å². The Morgan fingerprint density at radius 1 is 1.05 bits per heavy atom. The molecule has 1 aromatic carbocycles. The van der Waals surface area contributed by atoms with Gasteiger partial charge >= 0.3 is 0 Å². The van der Waals surface area contributed by atoms with Gasteiger partial charge in [0.2, 0.25) is 16.5 Å². The van der Waals surface area contributed by atoms with E-state index < -0.39 is 0 Å². The maximum Gasteiger partial charge on any atom is 0.228 e. The molecule has 0 aliphatic carbocycles. The monoisotopic (exact) mass is 298 g/mol. The van der Waals surface area contributed by atoms with Gasteiger partial charge in [0, 0.05) is 13.7 Å². The van der Waals surface area contributed by atoms with Crippen LogP contribution in [0.15, 0.2) is 24.3 Å². The molecule has 0 saturated carbocycles. The number of halogens is 2. The van der Waals surface area contributed by atoms with E-state index >= 15 is 0 Å². The lowest BCUT2D eigenvalue weighted by Crippen LogP contribution is -2.07. The zero-order valence-corrected chi connectivity index (χ0v) is 11.7. The van der Waals surface area contributed by atoms with Crippen LogP contribution in [0.25, 0.3) is 0 Å². The maximum atomic E-state index is 5.71. The average Bonchev–Trinajstić information content (AvgIpc) is 2.37. The van der Waals surface area contributed by atoms with Crippen molar-refractivity contribution in [1.29, 1.82) is 0 Å². The molecule has 5 nitrogen and oxygen atoms in total. The van der Waals surface area contributed by atoms with Crippen molar-refractivity contribution in [2.24, 2.45) is 0 Å². The average molecular weight is 299 g/mol. The number of nitrogens with zero attached hydrogens (tertiary/aromatic N) is 3. The number of aromatic nitrogens is 3. The summed E-state index contributed by atoms with van der Waals surface area (Å²) in [4.78, 5) is 11.6. The van der Waals surface area contributed by atoms with Gasteiger partial charge in [-0.3, -0.25) is 0 Å². The number of methoxy groups -OCH3 is 1. The summed E-state index contributed by atoms with van der Waals surface area (Å²) < 4.78 is 5.15. The molecule has 0 bridgehead atoms. The summed E-state index contributed by atoms with van der Waals surface area (Å²) in [5.74, 6) is 0.345. The zero-order valence-electron chi connectivity index (χ0n) is 10.2. The van der Waals surface area contributed by atoms with Crippen molar-refractivity contribution >= 4 is 29.2 Å². The van der Waals surface area contributed by atoms with E-state index in [1.165, 1.54) is 0 Å². The molecule has 0 fully saturated rings. The highest BCUT2D eigenvalue weighted by Crippen LogP contribution is 2.13. The van der Waals surface area contributed by atoms with Crippen molar-refractivity contribution in [1.82, 2.24) is 15.0 Å². The van der Waals surface area contributed by atoms with E-state index in [1.54, 1.807) is 7.11 Å². The van der Waals surface area contributed by atoms with Crippen molar-refractivity contribution in [2.75, 3.05) is 12.4 Å². The molecule has 100 valence electrons. The molecule has 1 N–H and O–H groups in total. The highest BCUT2D eigenvalue weighted by molar-refractivity contribution is 6.31. The van der Waals surface area contributed by atoms with E-state index in [-0.39, 0.29) is 10.6 Å². The summed E-state index contributed by atoms with van der Waals surface area (Å²) in [5.41, 5.74) is 2.20. The van der Waals surface area contributed by atoms with Gasteiger partial charge in [0.05, 0.1) is 6.61 Å². The van der Waals surface area contributed by atoms with E-state index in [0.29, 0.717) is 19.1 Å². The molecule has 2 aromatic rings. The van der Waals surface area contributed by atoms with Gasteiger partial charge in [-0.15, -0.1) is 0 Å². The second-order valence-corrected chi connectivity index (χ2v) is 4.43. The first-order valence-corrected chi connectivity index (χ1v) is 6.31. The van der Waals surface area contributed by atoms with Crippen LogP contribution < -0.4 is 5.32 Å². The van der Waals surface area contributed by atoms with Crippen LogP contribution in [-0.2, 0) is 17.9 Å². The highest BCUT2D eigenvalue weighted by atomic mass is 35.5. The number of anilines is 1. The van der Waals surface area contributed by atoms with Crippen LogP contribution in [0, 0.1) is 0 Å². The quantitative estimate of drug-likeness (QED) is 0.919. The van der Waals surface area contributed by atoms with Crippen LogP contribution >= 0.6 is 23.2 Å². The lowest BCUT2D eigenvalue weighted by Gasteiger charge is -2.09. The predicted octanol–water partition coefficient (Wildman–Crippen LogP) is 2.94. The van der Waals surface area contributed by atoms with Crippen LogP contribution in [0.5, 0.6) is 0 Å². The summed E-state index contributed by atoms with van der Waals surface area (Å²) in [6.07, 6.45) is 0. The standard InChI is InChI=1S/C12H12Cl2N4O/c1-19-7-9-5-3-2-4-8(9)6-15-12-17-10(13)16-11(14)18-12/h2-5H,6-7H2,1H3,(H,15,16,17,18). The number of hydrogen-bond acceptors (Lipinski definition) is 5. The van der Waals surface area contributed by atoms with Gasteiger partial charge in [0.25, 0.3) is 0 Å². The third-order valence-corrected chi connectivity index (χ3v) is 2.77. The minimum Gasteiger partial charge on any atom is -0.380 e. The fourth-order valence-electron chi connectivity index (χ4n) is 1.61. The number of benzene rings is 1. The second kappa shape index (κ2) is 6.65. The van der Waals surface area contributed by atoms with Gasteiger partial charge in [-0.2, -0.15) is 15.0 Å². The molecule has 1 heterocycles. The first-order chi connectivity index (χ1) is 9.19. The van der Waals surface area contributed by atoms with Crippen molar-refractivity contribution in [2.45, 2.75) is 13.2 Å². The van der Waals surface area contributed by atoms with Crippen molar-refractivity contribution in [3.8, 4) is 0 Å². The van der Waals surface area contributed by atoms with Crippen LogP contribution in [0.1, 0.15) is 11.1 Å². The number of ether oxygens (including phenoxy) is 1. The Balaban J connectivity index is 2.09. The Morgan fingerprint density at radius 3 is 2.32 bits per heavy atom. The van der Waals surface area contributed by atoms with Crippen LogP contribution in [-0.4, -0.2) is 22.1 Å². The Labute approximate surface area is 121 Å². The molecular formula is C12H12Cl2N4O. The summed E-state index contributed by atoms with van der Waals surface area (Å²) >= 11 is 11.4. The van der Waals surface area contributed by atoms with Gasteiger partial charge < -0.3 is 10.1 Å². The summed E-state index contributed by atoms with van der Waals surface area (Å²) in [7, 11) is 1.66. The van der Waals surface area contributed by atoms with Crippen LogP contribution in [0.2, 0.25) is 10.6 Å². The van der Waals surface area contributed by atoms with Gasteiger partial charge in [-0.05, 0) is 34.3 Å². The Bertz CT molecular complexity index is 545. The number of hydrogen-bond donors (Lipinski definition) is 1. The summed E-state index contributed by atoms with van der Waals surface area (Å²) in [6, 6.07) is 7.94. The van der Waals surface area contributed by atoms with E-state index in [9.17, 15) is 0 Å². The zero-order chi connectivity index (χ0) is 13.7. The van der Waals surface area contributed by atoms with Crippen molar-refractivity contribution < 1.29 is 4.74 Å². The number of nitrogens with one attached hydrogen (secondary N) is 1. The molecule has 0 amide bonds. The molecule has 0 spiro atoms. The fraction of sp³-hybridized carbons (Fsp3) is 0.250. The highest BCUT2D eigenvalue weighted by Gasteiger charge is 2.05. The smallest absolute Gasteiger partial charge is 0.228 e. The summed E-state index contributed by atoms with van der Waals surface area (Å²) in [5, 5.41) is 3.18. The molecule has 0 radical (unpaired) electrons. The molecule has 0 aliphatic heterocycles. The maximum absolute atomic E-state index is 5.71. The van der Waals surface area contributed by atoms with Crippen molar-refractivity contribution in [3.63, 3.8) is 0 Å². The third-order valence-electron chi connectivity index (χ3n) is 2.44. The largest absolute Gasteiger partial charge is 0.380 e. The number of rotatable bonds is 5. The van der Waals surface area contributed by atoms with Gasteiger partial charge in [-0.25, -0.2) is 0 Å². The molecule has 7 heteroatoms. The molecule has 2 rings (SSSR count). The van der Waals surface area contributed by atoms with Gasteiger partial charge in [-0.1, -0.05) is 24.3 Å². The predicted molar refractivity (Wildman–Crippen MR) is 74.3 cm³/mol. The minimum atomic E-state index is 0.0627.